The largest absolute Gasteiger partial charge is 0.328 e. The standard InChI is InChI=1S/C16H30N3/c1-13(2)8-6-7-9-15(12-17)11-16(19(4)5)10-14(3)18/h7,9,11-14,16-17H,4,6,8,10,18H2,1-3,5H3/q+1. The maximum Gasteiger partial charge on any atom is 0.172 e. The van der Waals surface area contributed by atoms with Gasteiger partial charge in [-0.3, -0.25) is 0 Å². The molecule has 3 N–H and O–H groups in total. The molecule has 108 valence electrons. The van der Waals surface area contributed by atoms with E-state index in [2.05, 4.69) is 32.7 Å². The van der Waals surface area contributed by atoms with E-state index in [0.717, 1.165) is 18.4 Å². The summed E-state index contributed by atoms with van der Waals surface area (Å²) in [5, 5.41) is 7.48. The van der Waals surface area contributed by atoms with Crippen LogP contribution in [0.5, 0.6) is 0 Å². The molecule has 2 atom stereocenters. The molecule has 0 aliphatic carbocycles. The Labute approximate surface area is 118 Å². The zero-order chi connectivity index (χ0) is 14.8. The molecular weight excluding hydrogens is 234 g/mol. The van der Waals surface area contributed by atoms with E-state index in [1.54, 1.807) is 0 Å². The lowest BCUT2D eigenvalue weighted by Crippen LogP contribution is -2.28. The van der Waals surface area contributed by atoms with Gasteiger partial charge in [0, 0.05) is 18.7 Å². The van der Waals surface area contributed by atoms with Gasteiger partial charge < -0.3 is 11.1 Å². The van der Waals surface area contributed by atoms with E-state index >= 15 is 0 Å². The molecule has 0 heterocycles. The van der Waals surface area contributed by atoms with Crippen molar-refractivity contribution in [2.45, 2.75) is 52.1 Å². The van der Waals surface area contributed by atoms with Crippen LogP contribution < -0.4 is 5.73 Å². The SMILES string of the molecule is C=[N+](C)C(C=C(C=N)C=CCCC(C)C)CC(C)N. The van der Waals surface area contributed by atoms with Gasteiger partial charge in [-0.15, -0.1) is 0 Å². The summed E-state index contributed by atoms with van der Waals surface area (Å²) in [4.78, 5) is 0. The molecule has 0 aromatic heterocycles. The Morgan fingerprint density at radius 1 is 1.37 bits per heavy atom. The zero-order valence-corrected chi connectivity index (χ0v) is 12.9. The number of likely N-dealkylation sites (N-methyl/N-ethyl adjacent to an activating group) is 1. The van der Waals surface area contributed by atoms with Crippen molar-refractivity contribution in [3.63, 3.8) is 0 Å². The lowest BCUT2D eigenvalue weighted by Gasteiger charge is -2.11. The average molecular weight is 264 g/mol. The van der Waals surface area contributed by atoms with Gasteiger partial charge in [-0.2, -0.15) is 0 Å². The molecule has 0 aliphatic rings. The fourth-order valence-corrected chi connectivity index (χ4v) is 1.78. The normalized spacial score (nSPS) is 15.8. The third kappa shape index (κ3) is 9.37. The van der Waals surface area contributed by atoms with Gasteiger partial charge >= 0.3 is 0 Å². The number of nitrogens with zero attached hydrogens (tertiary/aromatic N) is 1. The van der Waals surface area contributed by atoms with Crippen molar-refractivity contribution in [3.8, 4) is 0 Å². The van der Waals surface area contributed by atoms with E-state index in [-0.39, 0.29) is 12.1 Å². The van der Waals surface area contributed by atoms with Crippen molar-refractivity contribution in [3.05, 3.63) is 23.8 Å². The van der Waals surface area contributed by atoms with Crippen LogP contribution in [-0.4, -0.2) is 36.6 Å². The van der Waals surface area contributed by atoms with Gasteiger partial charge in [0.25, 0.3) is 0 Å². The molecule has 0 radical (unpaired) electrons. The molecule has 0 bridgehead atoms. The van der Waals surface area contributed by atoms with E-state index in [4.69, 9.17) is 11.1 Å². The predicted octanol–water partition coefficient (Wildman–Crippen LogP) is 3.00. The van der Waals surface area contributed by atoms with E-state index in [1.807, 2.05) is 24.6 Å². The van der Waals surface area contributed by atoms with Gasteiger partial charge in [0.1, 0.15) is 13.8 Å². The van der Waals surface area contributed by atoms with Crippen LogP contribution in [0, 0.1) is 11.3 Å². The van der Waals surface area contributed by atoms with Crippen LogP contribution >= 0.6 is 0 Å². The monoisotopic (exact) mass is 264 g/mol. The van der Waals surface area contributed by atoms with Gasteiger partial charge in [-0.25, -0.2) is 4.58 Å². The van der Waals surface area contributed by atoms with E-state index in [0.29, 0.717) is 5.92 Å². The highest BCUT2D eigenvalue weighted by Crippen LogP contribution is 2.08. The van der Waals surface area contributed by atoms with Crippen LogP contribution in [0.2, 0.25) is 0 Å². The number of nitrogens with two attached hydrogens (primary N) is 1. The first-order valence-corrected chi connectivity index (χ1v) is 7.04. The Balaban J connectivity index is 4.65. The van der Waals surface area contributed by atoms with E-state index < -0.39 is 0 Å². The van der Waals surface area contributed by atoms with E-state index in [9.17, 15) is 0 Å². The lowest BCUT2D eigenvalue weighted by molar-refractivity contribution is -0.518. The second kappa shape index (κ2) is 9.68. The van der Waals surface area contributed by atoms with Crippen LogP contribution in [0.15, 0.2) is 23.8 Å². The summed E-state index contributed by atoms with van der Waals surface area (Å²) in [6.45, 7) is 10.4. The minimum atomic E-state index is 0.127. The Morgan fingerprint density at radius 3 is 2.42 bits per heavy atom. The molecule has 2 unspecified atom stereocenters. The van der Waals surface area contributed by atoms with Crippen LogP contribution in [0.25, 0.3) is 0 Å². The van der Waals surface area contributed by atoms with Crippen molar-refractivity contribution < 1.29 is 4.58 Å². The minimum Gasteiger partial charge on any atom is -0.328 e. The molecule has 0 saturated carbocycles. The maximum absolute atomic E-state index is 7.48. The van der Waals surface area contributed by atoms with Crippen LogP contribution in [-0.2, 0) is 0 Å². The molecule has 3 heteroatoms. The van der Waals surface area contributed by atoms with Gasteiger partial charge in [0.2, 0.25) is 0 Å². The fourth-order valence-electron chi connectivity index (χ4n) is 1.78. The van der Waals surface area contributed by atoms with Gasteiger partial charge in [-0.05, 0) is 37.3 Å². The predicted molar refractivity (Wildman–Crippen MR) is 85.4 cm³/mol. The quantitative estimate of drug-likeness (QED) is 0.375. The summed E-state index contributed by atoms with van der Waals surface area (Å²) in [6.07, 6.45) is 10.7. The van der Waals surface area contributed by atoms with Crippen molar-refractivity contribution in [2.24, 2.45) is 11.7 Å². The number of hydrogen-bond acceptors (Lipinski definition) is 2. The molecule has 0 spiro atoms. The summed E-state index contributed by atoms with van der Waals surface area (Å²) >= 11 is 0. The summed E-state index contributed by atoms with van der Waals surface area (Å²) in [7, 11) is 1.94. The Kier molecular flexibility index (Phi) is 9.06. The van der Waals surface area contributed by atoms with Crippen molar-refractivity contribution in [1.29, 1.82) is 5.41 Å². The molecular formula is C16H30N3+. The highest BCUT2D eigenvalue weighted by atomic mass is 15.0. The van der Waals surface area contributed by atoms with Crippen molar-refractivity contribution in [2.75, 3.05) is 7.05 Å². The summed E-state index contributed by atoms with van der Waals surface area (Å²) in [5.74, 6) is 0.717. The van der Waals surface area contributed by atoms with Crippen LogP contribution in [0.4, 0.5) is 0 Å². The first-order chi connectivity index (χ1) is 8.86. The molecule has 0 aromatic rings. The molecule has 3 nitrogen and oxygen atoms in total. The third-order valence-corrected chi connectivity index (χ3v) is 2.95. The summed E-state index contributed by atoms with van der Waals surface area (Å²) in [5.41, 5.74) is 6.77. The van der Waals surface area contributed by atoms with Gasteiger partial charge in [0.15, 0.2) is 6.04 Å². The summed E-state index contributed by atoms with van der Waals surface area (Å²) < 4.78 is 1.90. The molecule has 0 rings (SSSR count). The average Bonchev–Trinajstić information content (AvgIpc) is 2.30. The zero-order valence-electron chi connectivity index (χ0n) is 12.9. The first-order valence-electron chi connectivity index (χ1n) is 7.04. The Hall–Kier alpha value is -1.22. The van der Waals surface area contributed by atoms with Crippen molar-refractivity contribution in [1.82, 2.24) is 0 Å². The Bertz CT molecular complexity index is 338. The second-order valence-electron chi connectivity index (χ2n) is 5.72. The number of hydrogen-bond donors (Lipinski definition) is 2. The third-order valence-electron chi connectivity index (χ3n) is 2.95. The first kappa shape index (κ1) is 17.8. The van der Waals surface area contributed by atoms with Crippen LogP contribution in [0.1, 0.15) is 40.0 Å². The number of nitrogens with one attached hydrogen (secondary N) is 1. The van der Waals surface area contributed by atoms with E-state index in [1.165, 1.54) is 12.6 Å². The highest BCUT2D eigenvalue weighted by Gasteiger charge is 2.14. The molecule has 0 amide bonds. The minimum absolute atomic E-state index is 0.127. The number of allylic oxidation sites excluding steroid dienone is 3. The number of rotatable bonds is 9. The summed E-state index contributed by atoms with van der Waals surface area (Å²) in [6, 6.07) is 0.300. The molecule has 0 fully saturated rings. The lowest BCUT2D eigenvalue weighted by atomic mass is 10.0. The van der Waals surface area contributed by atoms with Gasteiger partial charge in [-0.1, -0.05) is 26.0 Å². The molecule has 0 aromatic carbocycles. The smallest absolute Gasteiger partial charge is 0.172 e. The molecule has 0 saturated heterocycles. The topological polar surface area (TPSA) is 52.9 Å². The van der Waals surface area contributed by atoms with Crippen molar-refractivity contribution >= 4 is 12.9 Å². The molecule has 0 aliphatic heterocycles. The second-order valence-corrected chi connectivity index (χ2v) is 5.72. The Morgan fingerprint density at radius 2 is 2.00 bits per heavy atom. The highest BCUT2D eigenvalue weighted by molar-refractivity contribution is 5.79. The maximum atomic E-state index is 7.48. The molecule has 19 heavy (non-hydrogen) atoms. The van der Waals surface area contributed by atoms with Crippen LogP contribution in [0.3, 0.4) is 0 Å². The fraction of sp³-hybridized carbons (Fsp3) is 0.625. The van der Waals surface area contributed by atoms with Gasteiger partial charge in [0.05, 0.1) is 0 Å².